The molecule has 0 aliphatic rings. The van der Waals surface area contributed by atoms with Crippen LogP contribution in [-0.4, -0.2) is 4.98 Å². The number of pyridine rings is 1. The zero-order valence-electron chi connectivity index (χ0n) is 17.1. The maximum Gasteiger partial charge on any atom is 0.232 e. The summed E-state index contributed by atoms with van der Waals surface area (Å²) in [7, 11) is 0. The van der Waals surface area contributed by atoms with Gasteiger partial charge in [0.25, 0.3) is 0 Å². The van der Waals surface area contributed by atoms with Gasteiger partial charge in [-0.3, -0.25) is 0 Å². The van der Waals surface area contributed by atoms with E-state index in [-0.39, 0.29) is 18.1 Å². The topological polar surface area (TPSA) is 45.9 Å². The number of benzene rings is 3. The lowest BCUT2D eigenvalue weighted by molar-refractivity contribution is 0.292. The fraction of sp³-hybridized carbons (Fsp3) is 0.0400. The maximum absolute atomic E-state index is 13.6. The molecule has 34 heavy (non-hydrogen) atoms. The Morgan fingerprint density at radius 2 is 1.41 bits per heavy atom. The van der Waals surface area contributed by atoms with Gasteiger partial charge in [-0.15, -0.1) is 0 Å². The third kappa shape index (κ3) is 5.11. The van der Waals surface area contributed by atoms with Crippen molar-refractivity contribution >= 4 is 46.4 Å². The van der Waals surface area contributed by atoms with E-state index >= 15 is 0 Å². The number of rotatable bonds is 5. The molecule has 0 unspecified atom stereocenters. The molecule has 0 aliphatic carbocycles. The van der Waals surface area contributed by atoms with Crippen LogP contribution in [0.5, 0.6) is 5.88 Å². The van der Waals surface area contributed by atoms with Crippen LogP contribution in [0.3, 0.4) is 0 Å². The Kier molecular flexibility index (Phi) is 7.25. The Morgan fingerprint density at radius 3 is 2.00 bits per heavy atom. The predicted octanol–water partition coefficient (Wildman–Crippen LogP) is 8.76. The first kappa shape index (κ1) is 24.3. The number of hydrogen-bond acceptors (Lipinski definition) is 3. The number of hydrogen-bond donors (Lipinski definition) is 0. The van der Waals surface area contributed by atoms with Crippen molar-refractivity contribution < 1.29 is 13.5 Å². The average Bonchev–Trinajstić information content (AvgIpc) is 2.80. The molecule has 0 saturated heterocycles. The van der Waals surface area contributed by atoms with Crippen molar-refractivity contribution in [2.45, 2.75) is 6.61 Å². The first-order valence-corrected chi connectivity index (χ1v) is 11.2. The highest BCUT2D eigenvalue weighted by Gasteiger charge is 2.20. The minimum Gasteiger partial charge on any atom is -0.472 e. The molecule has 1 aromatic heterocycles. The number of nitriles is 1. The summed E-state index contributed by atoms with van der Waals surface area (Å²) in [5.74, 6) is -1.98. The van der Waals surface area contributed by atoms with Crippen LogP contribution in [-0.2, 0) is 6.61 Å². The summed E-state index contributed by atoms with van der Waals surface area (Å²) in [5, 5.41) is 11.3. The van der Waals surface area contributed by atoms with Crippen molar-refractivity contribution in [1.29, 1.82) is 5.26 Å². The number of halogens is 6. The van der Waals surface area contributed by atoms with E-state index in [1.54, 1.807) is 42.5 Å². The van der Waals surface area contributed by atoms with Crippen molar-refractivity contribution in [3.8, 4) is 34.3 Å². The molecule has 0 saturated carbocycles. The Labute approximate surface area is 214 Å². The second-order valence-electron chi connectivity index (χ2n) is 7.13. The predicted molar refractivity (Wildman–Crippen MR) is 131 cm³/mol. The van der Waals surface area contributed by atoms with E-state index in [1.165, 1.54) is 6.07 Å². The van der Waals surface area contributed by atoms with E-state index in [1.807, 2.05) is 0 Å². The van der Waals surface area contributed by atoms with Crippen LogP contribution in [0.2, 0.25) is 20.1 Å². The van der Waals surface area contributed by atoms with E-state index in [4.69, 9.17) is 51.1 Å². The lowest BCUT2D eigenvalue weighted by Crippen LogP contribution is -2.03. The van der Waals surface area contributed by atoms with Crippen LogP contribution in [0, 0.1) is 23.0 Å². The molecule has 4 aromatic rings. The number of ether oxygens (including phenoxy) is 1. The van der Waals surface area contributed by atoms with Crippen molar-refractivity contribution in [1.82, 2.24) is 4.98 Å². The minimum atomic E-state index is -1.00. The van der Waals surface area contributed by atoms with Gasteiger partial charge < -0.3 is 4.74 Å². The Morgan fingerprint density at radius 1 is 0.765 bits per heavy atom. The summed E-state index contributed by atoms with van der Waals surface area (Å²) in [4.78, 5) is 4.57. The molecule has 0 N–H and O–H groups in total. The highest BCUT2D eigenvalue weighted by atomic mass is 35.5. The summed E-state index contributed by atoms with van der Waals surface area (Å²) < 4.78 is 32.5. The van der Waals surface area contributed by atoms with E-state index in [9.17, 15) is 14.0 Å². The van der Waals surface area contributed by atoms with E-state index in [2.05, 4.69) is 11.1 Å². The Hall–Kier alpha value is -2.88. The smallest absolute Gasteiger partial charge is 0.232 e. The second-order valence-corrected chi connectivity index (χ2v) is 8.82. The first-order valence-electron chi connectivity index (χ1n) is 9.69. The summed E-state index contributed by atoms with van der Waals surface area (Å²) in [6.45, 7) is -0.145. The molecule has 0 fully saturated rings. The van der Waals surface area contributed by atoms with Crippen LogP contribution >= 0.6 is 46.4 Å². The molecular formula is C25H12Cl4F2N2O. The fourth-order valence-electron chi connectivity index (χ4n) is 3.27. The molecule has 3 aromatic carbocycles. The van der Waals surface area contributed by atoms with Crippen molar-refractivity contribution in [2.75, 3.05) is 0 Å². The quantitative estimate of drug-likeness (QED) is 0.256. The van der Waals surface area contributed by atoms with Gasteiger partial charge in [-0.25, -0.2) is 13.8 Å². The third-order valence-corrected chi connectivity index (χ3v) is 5.97. The SMILES string of the molecule is N#Cc1cc(-c2ccc(Cl)cc2Cl)c(-c2ccc(Cl)cc2Cl)nc1OCc1ccc(F)c(F)c1. The lowest BCUT2D eigenvalue weighted by atomic mass is 9.97. The van der Waals surface area contributed by atoms with E-state index in [0.717, 1.165) is 12.1 Å². The van der Waals surface area contributed by atoms with Crippen molar-refractivity contribution in [3.05, 3.63) is 104 Å². The standard InChI is InChI=1S/C25H12Cl4F2N2O/c26-15-2-4-17(20(28)9-15)19-8-14(11-32)25(34-12-13-1-6-22(30)23(31)7-13)33-24(19)18-5-3-16(27)10-21(18)29/h1-10H,12H2. The summed E-state index contributed by atoms with van der Waals surface area (Å²) in [5.41, 5.74) is 2.46. The highest BCUT2D eigenvalue weighted by Crippen LogP contribution is 2.41. The van der Waals surface area contributed by atoms with Crippen molar-refractivity contribution in [3.63, 3.8) is 0 Å². The van der Waals surface area contributed by atoms with Gasteiger partial charge in [-0.1, -0.05) is 58.5 Å². The fourth-order valence-corrected chi connectivity index (χ4v) is 4.28. The van der Waals surface area contributed by atoms with Crippen LogP contribution in [0.1, 0.15) is 11.1 Å². The zero-order chi connectivity index (χ0) is 24.4. The van der Waals surface area contributed by atoms with Gasteiger partial charge >= 0.3 is 0 Å². The minimum absolute atomic E-state index is 0.0120. The summed E-state index contributed by atoms with van der Waals surface area (Å²) in [6.07, 6.45) is 0. The van der Waals surface area contributed by atoms with Gasteiger partial charge in [0.05, 0.1) is 10.7 Å². The molecular weight excluding hydrogens is 524 g/mol. The maximum atomic E-state index is 13.6. The molecule has 0 bridgehead atoms. The highest BCUT2D eigenvalue weighted by molar-refractivity contribution is 6.37. The summed E-state index contributed by atoms with van der Waals surface area (Å²) in [6, 6.07) is 16.9. The summed E-state index contributed by atoms with van der Waals surface area (Å²) >= 11 is 25.0. The molecule has 0 atom stereocenters. The molecule has 0 radical (unpaired) electrons. The monoisotopic (exact) mass is 534 g/mol. The van der Waals surface area contributed by atoms with E-state index < -0.39 is 11.6 Å². The van der Waals surface area contributed by atoms with Crippen LogP contribution in [0.25, 0.3) is 22.4 Å². The largest absolute Gasteiger partial charge is 0.472 e. The molecule has 3 nitrogen and oxygen atoms in total. The molecule has 170 valence electrons. The van der Waals surface area contributed by atoms with Gasteiger partial charge in [0.2, 0.25) is 5.88 Å². The Balaban J connectivity index is 1.86. The molecule has 1 heterocycles. The normalized spacial score (nSPS) is 10.7. The number of nitrogens with zero attached hydrogens (tertiary/aromatic N) is 2. The van der Waals surface area contributed by atoms with Crippen LogP contribution < -0.4 is 4.74 Å². The molecule has 0 aliphatic heterocycles. The van der Waals surface area contributed by atoms with Gasteiger partial charge in [-0.2, -0.15) is 5.26 Å². The van der Waals surface area contributed by atoms with Gasteiger partial charge in [0.1, 0.15) is 18.2 Å². The van der Waals surface area contributed by atoms with Crippen molar-refractivity contribution in [2.24, 2.45) is 0 Å². The van der Waals surface area contributed by atoms with E-state index in [0.29, 0.717) is 48.0 Å². The second kappa shape index (κ2) is 10.2. The van der Waals surface area contributed by atoms with Crippen LogP contribution in [0.4, 0.5) is 8.78 Å². The first-order chi connectivity index (χ1) is 16.3. The Bertz CT molecular complexity index is 1450. The van der Waals surface area contributed by atoms with Gasteiger partial charge in [0.15, 0.2) is 11.6 Å². The van der Waals surface area contributed by atoms with Gasteiger partial charge in [-0.05, 0) is 54.1 Å². The zero-order valence-corrected chi connectivity index (χ0v) is 20.1. The van der Waals surface area contributed by atoms with Crippen LogP contribution in [0.15, 0.2) is 60.7 Å². The number of aromatic nitrogens is 1. The third-order valence-electron chi connectivity index (χ3n) is 4.88. The lowest BCUT2D eigenvalue weighted by Gasteiger charge is -2.16. The molecule has 0 spiro atoms. The molecule has 4 rings (SSSR count). The molecule has 0 amide bonds. The molecule has 9 heteroatoms. The van der Waals surface area contributed by atoms with Gasteiger partial charge in [0, 0.05) is 31.8 Å². The average molecular weight is 536 g/mol.